The molecule has 2 aromatic carbocycles. The van der Waals surface area contributed by atoms with Crippen molar-refractivity contribution in [3.8, 4) is 0 Å². The highest BCUT2D eigenvalue weighted by Gasteiger charge is 2.30. The van der Waals surface area contributed by atoms with Gasteiger partial charge in [0.2, 0.25) is 11.9 Å². The molecule has 156 valence electrons. The largest absolute Gasteiger partial charge is 0.416 e. The number of halogens is 3. The third-order valence-corrected chi connectivity index (χ3v) is 4.21. The molecular formula is C21H19F3N4O2. The molecule has 0 saturated carbocycles. The number of nitrogens with one attached hydrogen (secondary N) is 2. The fourth-order valence-corrected chi connectivity index (χ4v) is 2.81. The van der Waals surface area contributed by atoms with Crippen LogP contribution in [0.2, 0.25) is 0 Å². The summed E-state index contributed by atoms with van der Waals surface area (Å²) in [4.78, 5) is 29.2. The van der Waals surface area contributed by atoms with Crippen molar-refractivity contribution in [3.63, 3.8) is 0 Å². The highest BCUT2D eigenvalue weighted by Crippen LogP contribution is 2.29. The van der Waals surface area contributed by atoms with Gasteiger partial charge in [-0.3, -0.25) is 14.2 Å². The van der Waals surface area contributed by atoms with E-state index in [0.717, 1.165) is 34.4 Å². The number of carbonyl (C=O) groups excluding carboxylic acids is 1. The molecule has 0 aliphatic rings. The zero-order chi connectivity index (χ0) is 21.9. The standard InChI is InChI=1S/C21H19F3N4O2/c1-13-4-3-5-17(10-13)27-20-25-14(2)11-19(30)28(20)12-18(29)26-16-8-6-15(7-9-16)21(22,23)24/h3-11H,12H2,1-2H3,(H,25,27)(H,26,29). The number of rotatable bonds is 5. The first kappa shape index (κ1) is 21.1. The van der Waals surface area contributed by atoms with Crippen LogP contribution in [-0.2, 0) is 17.5 Å². The Morgan fingerprint density at radius 3 is 2.37 bits per heavy atom. The number of anilines is 3. The molecule has 30 heavy (non-hydrogen) atoms. The molecule has 1 heterocycles. The molecule has 2 N–H and O–H groups in total. The van der Waals surface area contributed by atoms with Gasteiger partial charge in [-0.2, -0.15) is 13.2 Å². The lowest BCUT2D eigenvalue weighted by Gasteiger charge is -2.15. The van der Waals surface area contributed by atoms with Crippen molar-refractivity contribution in [2.45, 2.75) is 26.6 Å². The van der Waals surface area contributed by atoms with Crippen LogP contribution in [0.4, 0.5) is 30.5 Å². The number of benzene rings is 2. The van der Waals surface area contributed by atoms with Gasteiger partial charge in [-0.1, -0.05) is 12.1 Å². The van der Waals surface area contributed by atoms with E-state index < -0.39 is 23.2 Å². The maximum atomic E-state index is 12.7. The zero-order valence-electron chi connectivity index (χ0n) is 16.2. The van der Waals surface area contributed by atoms with Crippen molar-refractivity contribution in [1.82, 2.24) is 9.55 Å². The van der Waals surface area contributed by atoms with Gasteiger partial charge >= 0.3 is 6.18 Å². The minimum Gasteiger partial charge on any atom is -0.326 e. The molecule has 0 radical (unpaired) electrons. The van der Waals surface area contributed by atoms with E-state index in [4.69, 9.17) is 0 Å². The summed E-state index contributed by atoms with van der Waals surface area (Å²) in [7, 11) is 0. The van der Waals surface area contributed by atoms with Gasteiger partial charge in [-0.15, -0.1) is 0 Å². The smallest absolute Gasteiger partial charge is 0.326 e. The molecule has 0 aliphatic heterocycles. The summed E-state index contributed by atoms with van der Waals surface area (Å²) < 4.78 is 39.1. The second kappa shape index (κ2) is 8.40. The second-order valence-electron chi connectivity index (χ2n) is 6.76. The molecule has 1 amide bonds. The summed E-state index contributed by atoms with van der Waals surface area (Å²) in [5.74, 6) is -0.386. The number of amides is 1. The Bertz CT molecular complexity index is 1120. The Morgan fingerprint density at radius 1 is 1.03 bits per heavy atom. The highest BCUT2D eigenvalue weighted by atomic mass is 19.4. The van der Waals surface area contributed by atoms with Crippen LogP contribution in [0.15, 0.2) is 59.4 Å². The number of nitrogens with zero attached hydrogens (tertiary/aromatic N) is 2. The van der Waals surface area contributed by atoms with Gasteiger partial charge in [0.1, 0.15) is 6.54 Å². The van der Waals surface area contributed by atoms with Crippen molar-refractivity contribution in [2.24, 2.45) is 0 Å². The third-order valence-electron chi connectivity index (χ3n) is 4.21. The molecule has 9 heteroatoms. The minimum absolute atomic E-state index is 0.188. The second-order valence-corrected chi connectivity index (χ2v) is 6.76. The van der Waals surface area contributed by atoms with Gasteiger partial charge in [-0.25, -0.2) is 4.98 Å². The van der Waals surface area contributed by atoms with E-state index >= 15 is 0 Å². The van der Waals surface area contributed by atoms with Gasteiger partial charge in [-0.05, 0) is 55.8 Å². The summed E-state index contributed by atoms with van der Waals surface area (Å²) in [5, 5.41) is 5.52. The Hall–Kier alpha value is -3.62. The summed E-state index contributed by atoms with van der Waals surface area (Å²) in [6.45, 7) is 3.22. The SMILES string of the molecule is Cc1cccc(Nc2nc(C)cc(=O)n2CC(=O)Nc2ccc(C(F)(F)F)cc2)c1. The van der Waals surface area contributed by atoms with Crippen LogP contribution in [-0.4, -0.2) is 15.5 Å². The van der Waals surface area contributed by atoms with Crippen molar-refractivity contribution in [3.05, 3.63) is 81.8 Å². The van der Waals surface area contributed by atoms with Crippen molar-refractivity contribution < 1.29 is 18.0 Å². The van der Waals surface area contributed by atoms with Gasteiger partial charge in [0.05, 0.1) is 5.56 Å². The normalized spacial score (nSPS) is 11.2. The number of alkyl halides is 3. The lowest BCUT2D eigenvalue weighted by atomic mass is 10.2. The fraction of sp³-hybridized carbons (Fsp3) is 0.190. The van der Waals surface area contributed by atoms with Crippen LogP contribution in [0.5, 0.6) is 0 Å². The molecule has 0 bridgehead atoms. The average molecular weight is 416 g/mol. The maximum Gasteiger partial charge on any atom is 0.416 e. The van der Waals surface area contributed by atoms with Crippen molar-refractivity contribution >= 4 is 23.2 Å². The molecule has 1 aromatic heterocycles. The Labute approximate surface area is 170 Å². The predicted octanol–water partition coefficient (Wildman–Crippen LogP) is 4.26. The molecule has 0 aliphatic carbocycles. The summed E-state index contributed by atoms with van der Waals surface area (Å²) in [5.41, 5.74) is 1.12. The number of aromatic nitrogens is 2. The van der Waals surface area contributed by atoms with Crippen LogP contribution >= 0.6 is 0 Å². The predicted molar refractivity (Wildman–Crippen MR) is 108 cm³/mol. The Balaban J connectivity index is 1.80. The number of aryl methyl sites for hydroxylation is 2. The lowest BCUT2D eigenvalue weighted by Crippen LogP contribution is -2.30. The number of hydrogen-bond acceptors (Lipinski definition) is 4. The van der Waals surface area contributed by atoms with Crippen molar-refractivity contribution in [1.29, 1.82) is 0 Å². The first-order chi connectivity index (χ1) is 14.1. The molecular weight excluding hydrogens is 397 g/mol. The summed E-state index contributed by atoms with van der Waals surface area (Å²) >= 11 is 0. The van der Waals surface area contributed by atoms with E-state index in [2.05, 4.69) is 15.6 Å². The Kier molecular flexibility index (Phi) is 5.91. The summed E-state index contributed by atoms with van der Waals surface area (Å²) in [6, 6.07) is 12.8. The van der Waals surface area contributed by atoms with E-state index in [-0.39, 0.29) is 18.2 Å². The first-order valence-corrected chi connectivity index (χ1v) is 9.01. The van der Waals surface area contributed by atoms with Crippen LogP contribution in [0.1, 0.15) is 16.8 Å². The molecule has 3 rings (SSSR count). The quantitative estimate of drug-likeness (QED) is 0.652. The van der Waals surface area contributed by atoms with E-state index in [0.29, 0.717) is 11.4 Å². The third kappa shape index (κ3) is 5.25. The minimum atomic E-state index is -4.46. The monoisotopic (exact) mass is 416 g/mol. The van der Waals surface area contributed by atoms with Crippen LogP contribution in [0.3, 0.4) is 0 Å². The van der Waals surface area contributed by atoms with Gasteiger partial charge in [0.15, 0.2) is 0 Å². The molecule has 6 nitrogen and oxygen atoms in total. The average Bonchev–Trinajstić information content (AvgIpc) is 2.64. The Morgan fingerprint density at radius 2 is 1.73 bits per heavy atom. The molecule has 3 aromatic rings. The van der Waals surface area contributed by atoms with Gasteiger partial charge < -0.3 is 10.6 Å². The lowest BCUT2D eigenvalue weighted by molar-refractivity contribution is -0.137. The fourth-order valence-electron chi connectivity index (χ4n) is 2.81. The van der Waals surface area contributed by atoms with E-state index in [9.17, 15) is 22.8 Å². The molecule has 0 unspecified atom stereocenters. The first-order valence-electron chi connectivity index (χ1n) is 9.01. The molecule has 0 spiro atoms. The summed E-state index contributed by atoms with van der Waals surface area (Å²) in [6.07, 6.45) is -4.46. The number of carbonyl (C=O) groups is 1. The molecule has 0 saturated heterocycles. The highest BCUT2D eigenvalue weighted by molar-refractivity contribution is 5.90. The maximum absolute atomic E-state index is 12.7. The van der Waals surface area contributed by atoms with Gasteiger partial charge in [0.25, 0.3) is 5.56 Å². The van der Waals surface area contributed by atoms with Crippen molar-refractivity contribution in [2.75, 3.05) is 10.6 Å². The van der Waals surface area contributed by atoms with Crippen LogP contribution in [0, 0.1) is 13.8 Å². The molecule has 0 fully saturated rings. The van der Waals surface area contributed by atoms with Crippen LogP contribution < -0.4 is 16.2 Å². The topological polar surface area (TPSA) is 76.0 Å². The van der Waals surface area contributed by atoms with E-state index in [1.54, 1.807) is 13.0 Å². The number of hydrogen-bond donors (Lipinski definition) is 2. The van der Waals surface area contributed by atoms with Gasteiger partial charge in [0, 0.05) is 23.1 Å². The zero-order valence-corrected chi connectivity index (χ0v) is 16.2. The molecule has 0 atom stereocenters. The van der Waals surface area contributed by atoms with E-state index in [1.165, 1.54) is 6.07 Å². The van der Waals surface area contributed by atoms with Crippen LogP contribution in [0.25, 0.3) is 0 Å². The van der Waals surface area contributed by atoms with E-state index in [1.807, 2.05) is 25.1 Å².